The maximum Gasteiger partial charge on any atom is 0.141 e. The molecule has 0 amide bonds. The first kappa shape index (κ1) is 15.6. The van der Waals surface area contributed by atoms with E-state index in [1.54, 1.807) is 6.07 Å². The molecule has 3 nitrogen and oxygen atoms in total. The number of anilines is 1. The molecule has 1 unspecified atom stereocenters. The lowest BCUT2D eigenvalue weighted by Gasteiger charge is -2.28. The van der Waals surface area contributed by atoms with E-state index >= 15 is 0 Å². The largest absolute Gasteiger partial charge is 0.356 e. The predicted octanol–water partition coefficient (Wildman–Crippen LogP) is 3.05. The SMILES string of the molecule is CN(c1ncc(F)cc1CNC(C)(C)C)C1CCSC1. The molecule has 1 aliphatic heterocycles. The Morgan fingerprint density at radius 1 is 1.50 bits per heavy atom. The van der Waals surface area contributed by atoms with Crippen molar-refractivity contribution < 1.29 is 4.39 Å². The minimum atomic E-state index is -0.270. The van der Waals surface area contributed by atoms with Crippen LogP contribution in [-0.4, -0.2) is 35.1 Å². The fourth-order valence-electron chi connectivity index (χ4n) is 2.28. The van der Waals surface area contributed by atoms with E-state index in [1.807, 2.05) is 11.8 Å². The molecule has 1 aromatic heterocycles. The highest BCUT2D eigenvalue weighted by atomic mass is 32.2. The second-order valence-electron chi connectivity index (χ2n) is 6.37. The van der Waals surface area contributed by atoms with Crippen molar-refractivity contribution in [2.45, 2.75) is 45.3 Å². The molecule has 1 N–H and O–H groups in total. The Balaban J connectivity index is 2.18. The highest BCUT2D eigenvalue weighted by molar-refractivity contribution is 7.99. The number of hydrogen-bond donors (Lipinski definition) is 1. The summed E-state index contributed by atoms with van der Waals surface area (Å²) in [6.07, 6.45) is 2.49. The van der Waals surface area contributed by atoms with Gasteiger partial charge in [-0.3, -0.25) is 0 Å². The van der Waals surface area contributed by atoms with Gasteiger partial charge >= 0.3 is 0 Å². The molecule has 2 heterocycles. The molecule has 0 radical (unpaired) electrons. The topological polar surface area (TPSA) is 28.2 Å². The number of rotatable bonds is 4. The fourth-order valence-corrected chi connectivity index (χ4v) is 3.55. The van der Waals surface area contributed by atoms with Crippen LogP contribution < -0.4 is 10.2 Å². The smallest absolute Gasteiger partial charge is 0.141 e. The van der Waals surface area contributed by atoms with Crippen LogP contribution in [0.15, 0.2) is 12.3 Å². The van der Waals surface area contributed by atoms with Gasteiger partial charge in [-0.1, -0.05) is 0 Å². The molecule has 0 saturated carbocycles. The first-order valence-corrected chi connectivity index (χ1v) is 8.22. The van der Waals surface area contributed by atoms with Crippen LogP contribution in [0.5, 0.6) is 0 Å². The Labute approximate surface area is 125 Å². The van der Waals surface area contributed by atoms with Gasteiger partial charge in [0.25, 0.3) is 0 Å². The van der Waals surface area contributed by atoms with Crippen LogP contribution in [0.4, 0.5) is 10.2 Å². The normalized spacial score (nSPS) is 19.4. The van der Waals surface area contributed by atoms with Crippen molar-refractivity contribution >= 4 is 17.6 Å². The zero-order valence-corrected chi connectivity index (χ0v) is 13.6. The van der Waals surface area contributed by atoms with Gasteiger partial charge < -0.3 is 10.2 Å². The van der Waals surface area contributed by atoms with Gasteiger partial charge in [-0.2, -0.15) is 11.8 Å². The van der Waals surface area contributed by atoms with Crippen LogP contribution in [-0.2, 0) is 6.54 Å². The summed E-state index contributed by atoms with van der Waals surface area (Å²) in [5.41, 5.74) is 0.935. The molecule has 1 aliphatic rings. The summed E-state index contributed by atoms with van der Waals surface area (Å²) in [5, 5.41) is 3.41. The van der Waals surface area contributed by atoms with Crippen LogP contribution in [0.1, 0.15) is 32.8 Å². The summed E-state index contributed by atoms with van der Waals surface area (Å²) in [6, 6.07) is 2.10. The molecule has 0 bridgehead atoms. The summed E-state index contributed by atoms with van der Waals surface area (Å²) in [4.78, 5) is 6.53. The Morgan fingerprint density at radius 3 is 2.85 bits per heavy atom. The fraction of sp³-hybridized carbons (Fsp3) is 0.667. The average Bonchev–Trinajstić information content (AvgIpc) is 2.88. The van der Waals surface area contributed by atoms with E-state index in [0.717, 1.165) is 17.1 Å². The summed E-state index contributed by atoms with van der Waals surface area (Å²) >= 11 is 1.97. The maximum atomic E-state index is 13.5. The van der Waals surface area contributed by atoms with E-state index in [9.17, 15) is 4.39 Å². The standard InChI is InChI=1S/C15H24FN3S/c1-15(2,3)18-8-11-7-12(16)9-17-14(11)19(4)13-5-6-20-10-13/h7,9,13,18H,5-6,8,10H2,1-4H3. The van der Waals surface area contributed by atoms with Gasteiger partial charge in [-0.05, 0) is 39.0 Å². The molecule has 5 heteroatoms. The minimum Gasteiger partial charge on any atom is -0.356 e. The number of nitrogens with one attached hydrogen (secondary N) is 1. The van der Waals surface area contributed by atoms with Crippen molar-refractivity contribution in [3.63, 3.8) is 0 Å². The number of halogens is 1. The molecule has 1 aromatic rings. The summed E-state index contributed by atoms with van der Waals surface area (Å²) in [5.74, 6) is 2.96. The number of pyridine rings is 1. The monoisotopic (exact) mass is 297 g/mol. The number of nitrogens with zero attached hydrogens (tertiary/aromatic N) is 2. The molecular weight excluding hydrogens is 273 g/mol. The van der Waals surface area contributed by atoms with Gasteiger partial charge in [-0.15, -0.1) is 0 Å². The molecule has 112 valence electrons. The van der Waals surface area contributed by atoms with E-state index in [2.05, 4.69) is 43.0 Å². The quantitative estimate of drug-likeness (QED) is 0.924. The molecule has 1 atom stereocenters. The predicted molar refractivity (Wildman–Crippen MR) is 84.9 cm³/mol. The third kappa shape index (κ3) is 4.09. The second-order valence-corrected chi connectivity index (χ2v) is 7.52. The number of hydrogen-bond acceptors (Lipinski definition) is 4. The Hall–Kier alpha value is -0.810. The van der Waals surface area contributed by atoms with Crippen molar-refractivity contribution in [1.29, 1.82) is 0 Å². The van der Waals surface area contributed by atoms with Crippen molar-refractivity contribution in [1.82, 2.24) is 10.3 Å². The average molecular weight is 297 g/mol. The van der Waals surface area contributed by atoms with Gasteiger partial charge in [0.05, 0.1) is 6.20 Å². The lowest BCUT2D eigenvalue weighted by molar-refractivity contribution is 0.423. The van der Waals surface area contributed by atoms with E-state index in [1.165, 1.54) is 18.4 Å². The van der Waals surface area contributed by atoms with Crippen LogP contribution in [0.2, 0.25) is 0 Å². The van der Waals surface area contributed by atoms with Gasteiger partial charge in [0.1, 0.15) is 11.6 Å². The van der Waals surface area contributed by atoms with E-state index in [0.29, 0.717) is 12.6 Å². The van der Waals surface area contributed by atoms with Crippen LogP contribution in [0.3, 0.4) is 0 Å². The summed E-state index contributed by atoms with van der Waals surface area (Å²) < 4.78 is 13.5. The molecule has 2 rings (SSSR count). The van der Waals surface area contributed by atoms with Gasteiger partial charge in [0.15, 0.2) is 0 Å². The summed E-state index contributed by atoms with van der Waals surface area (Å²) in [7, 11) is 2.07. The minimum absolute atomic E-state index is 0.00533. The second kappa shape index (κ2) is 6.31. The molecule has 1 fully saturated rings. The highest BCUT2D eigenvalue weighted by Gasteiger charge is 2.23. The molecule has 0 aromatic carbocycles. The Bertz CT molecular complexity index is 453. The molecule has 0 spiro atoms. The third-order valence-electron chi connectivity index (χ3n) is 3.51. The lowest BCUT2D eigenvalue weighted by atomic mass is 10.1. The molecule has 1 saturated heterocycles. The van der Waals surface area contributed by atoms with Crippen molar-refractivity contribution in [3.8, 4) is 0 Å². The van der Waals surface area contributed by atoms with Crippen LogP contribution in [0.25, 0.3) is 0 Å². The van der Waals surface area contributed by atoms with Crippen LogP contribution >= 0.6 is 11.8 Å². The van der Waals surface area contributed by atoms with Crippen LogP contribution in [0, 0.1) is 5.82 Å². The zero-order chi connectivity index (χ0) is 14.8. The molecule has 0 aliphatic carbocycles. The Morgan fingerprint density at radius 2 is 2.25 bits per heavy atom. The molecule has 20 heavy (non-hydrogen) atoms. The molecular formula is C15H24FN3S. The first-order valence-electron chi connectivity index (χ1n) is 7.07. The Kier molecular flexibility index (Phi) is 4.91. The maximum absolute atomic E-state index is 13.5. The number of aromatic nitrogens is 1. The highest BCUT2D eigenvalue weighted by Crippen LogP contribution is 2.27. The van der Waals surface area contributed by atoms with Crippen molar-refractivity contribution in [2.75, 3.05) is 23.5 Å². The summed E-state index contributed by atoms with van der Waals surface area (Å²) in [6.45, 7) is 6.96. The van der Waals surface area contributed by atoms with E-state index < -0.39 is 0 Å². The zero-order valence-electron chi connectivity index (χ0n) is 12.7. The third-order valence-corrected chi connectivity index (χ3v) is 4.65. The van der Waals surface area contributed by atoms with E-state index in [4.69, 9.17) is 0 Å². The van der Waals surface area contributed by atoms with Gasteiger partial charge in [0.2, 0.25) is 0 Å². The van der Waals surface area contributed by atoms with Crippen molar-refractivity contribution in [3.05, 3.63) is 23.6 Å². The van der Waals surface area contributed by atoms with Gasteiger partial charge in [-0.25, -0.2) is 9.37 Å². The lowest BCUT2D eigenvalue weighted by Crippen LogP contribution is -2.37. The number of thioether (sulfide) groups is 1. The van der Waals surface area contributed by atoms with Gasteiger partial charge in [0, 0.05) is 36.5 Å². The first-order chi connectivity index (χ1) is 9.37. The van der Waals surface area contributed by atoms with Crippen molar-refractivity contribution in [2.24, 2.45) is 0 Å². The van der Waals surface area contributed by atoms with E-state index in [-0.39, 0.29) is 11.4 Å².